The SMILES string of the molecule is Cc1cc(-c2nccc3cc(C4CCC(C)(C)CC4)ccc23)c2oc(C)cc2c1. The molecule has 2 heterocycles. The van der Waals surface area contributed by atoms with Crippen LogP contribution in [0.4, 0.5) is 0 Å². The molecular weight excluding hydrogens is 354 g/mol. The topological polar surface area (TPSA) is 26.0 Å². The fourth-order valence-electron chi connectivity index (χ4n) is 5.01. The van der Waals surface area contributed by atoms with E-state index >= 15 is 0 Å². The van der Waals surface area contributed by atoms with Gasteiger partial charge in [-0.1, -0.05) is 32.0 Å². The van der Waals surface area contributed by atoms with E-state index in [1.54, 1.807) is 0 Å². The van der Waals surface area contributed by atoms with Gasteiger partial charge in [-0.2, -0.15) is 0 Å². The third-order valence-electron chi connectivity index (χ3n) is 6.74. The van der Waals surface area contributed by atoms with Gasteiger partial charge in [0.25, 0.3) is 0 Å². The van der Waals surface area contributed by atoms with E-state index in [0.717, 1.165) is 28.0 Å². The molecule has 148 valence electrons. The van der Waals surface area contributed by atoms with E-state index in [1.807, 2.05) is 13.1 Å². The Hall–Kier alpha value is -2.61. The van der Waals surface area contributed by atoms with Gasteiger partial charge in [-0.05, 0) is 91.6 Å². The highest BCUT2D eigenvalue weighted by Gasteiger charge is 2.27. The molecule has 0 N–H and O–H groups in total. The summed E-state index contributed by atoms with van der Waals surface area (Å²) >= 11 is 0. The van der Waals surface area contributed by atoms with Crippen LogP contribution in [0.25, 0.3) is 33.0 Å². The Morgan fingerprint density at radius 3 is 2.52 bits per heavy atom. The minimum atomic E-state index is 0.502. The van der Waals surface area contributed by atoms with Crippen LogP contribution in [-0.4, -0.2) is 4.98 Å². The number of fused-ring (bicyclic) bond motifs is 2. The van der Waals surface area contributed by atoms with Gasteiger partial charge in [0, 0.05) is 22.5 Å². The van der Waals surface area contributed by atoms with E-state index in [0.29, 0.717) is 11.3 Å². The molecule has 0 unspecified atom stereocenters. The van der Waals surface area contributed by atoms with Crippen LogP contribution in [0, 0.1) is 19.3 Å². The Balaban J connectivity index is 1.60. The van der Waals surface area contributed by atoms with Gasteiger partial charge in [-0.15, -0.1) is 0 Å². The number of nitrogens with zero attached hydrogens (tertiary/aromatic N) is 1. The summed E-state index contributed by atoms with van der Waals surface area (Å²) in [5.74, 6) is 1.62. The molecule has 0 atom stereocenters. The van der Waals surface area contributed by atoms with E-state index in [1.165, 1.54) is 47.6 Å². The van der Waals surface area contributed by atoms with Crippen molar-refractivity contribution in [1.29, 1.82) is 0 Å². The van der Waals surface area contributed by atoms with Crippen molar-refractivity contribution in [2.45, 2.75) is 59.3 Å². The number of aromatic nitrogens is 1. The fraction of sp³-hybridized carbons (Fsp3) is 0.370. The first-order chi connectivity index (χ1) is 13.9. The predicted octanol–water partition coefficient (Wildman–Crippen LogP) is 7.95. The fourth-order valence-corrected chi connectivity index (χ4v) is 5.01. The Bertz CT molecular complexity index is 1200. The molecular formula is C27H29NO. The lowest BCUT2D eigenvalue weighted by molar-refractivity contribution is 0.224. The van der Waals surface area contributed by atoms with Gasteiger partial charge in [-0.3, -0.25) is 4.98 Å². The van der Waals surface area contributed by atoms with Gasteiger partial charge in [-0.25, -0.2) is 0 Å². The first kappa shape index (κ1) is 18.4. The second-order valence-electron chi connectivity index (χ2n) is 9.67. The molecule has 0 saturated heterocycles. The summed E-state index contributed by atoms with van der Waals surface area (Å²) in [6.45, 7) is 8.95. The second kappa shape index (κ2) is 6.73. The van der Waals surface area contributed by atoms with Crippen molar-refractivity contribution in [3.8, 4) is 11.3 Å². The molecule has 1 aliphatic carbocycles. The Morgan fingerprint density at radius 1 is 0.931 bits per heavy atom. The van der Waals surface area contributed by atoms with Crippen molar-refractivity contribution in [3.63, 3.8) is 0 Å². The molecule has 2 nitrogen and oxygen atoms in total. The van der Waals surface area contributed by atoms with Crippen molar-refractivity contribution in [2.24, 2.45) is 5.41 Å². The number of pyridine rings is 1. The molecule has 0 amide bonds. The molecule has 1 aliphatic rings. The number of aryl methyl sites for hydroxylation is 2. The van der Waals surface area contributed by atoms with Gasteiger partial charge < -0.3 is 4.42 Å². The number of furan rings is 1. The average molecular weight is 384 g/mol. The number of rotatable bonds is 2. The standard InChI is InChI=1S/C27H29NO/c1-17-13-22-15-18(2)29-26(22)24(14-17)25-23-6-5-20(16-21(23)9-12-28-25)19-7-10-27(3,4)11-8-19/h5-6,9,12-16,19H,7-8,10-11H2,1-4H3. The zero-order chi connectivity index (χ0) is 20.2. The highest BCUT2D eigenvalue weighted by atomic mass is 16.3. The molecule has 2 heteroatoms. The lowest BCUT2D eigenvalue weighted by atomic mass is 9.71. The molecule has 0 bridgehead atoms. The largest absolute Gasteiger partial charge is 0.461 e. The van der Waals surface area contributed by atoms with Crippen LogP contribution in [0.15, 0.2) is 53.1 Å². The maximum absolute atomic E-state index is 6.06. The van der Waals surface area contributed by atoms with Crippen molar-refractivity contribution >= 4 is 21.7 Å². The molecule has 29 heavy (non-hydrogen) atoms. The Labute approximate surface area is 173 Å². The Kier molecular flexibility index (Phi) is 4.27. The third kappa shape index (κ3) is 3.35. The van der Waals surface area contributed by atoms with Crippen LogP contribution in [0.5, 0.6) is 0 Å². The second-order valence-corrected chi connectivity index (χ2v) is 9.67. The first-order valence-electron chi connectivity index (χ1n) is 10.8. The maximum Gasteiger partial charge on any atom is 0.143 e. The molecule has 0 radical (unpaired) electrons. The molecule has 5 rings (SSSR count). The number of hydrogen-bond acceptors (Lipinski definition) is 2. The van der Waals surface area contributed by atoms with Crippen molar-refractivity contribution < 1.29 is 4.42 Å². The molecule has 4 aromatic rings. The van der Waals surface area contributed by atoms with Crippen LogP contribution >= 0.6 is 0 Å². The van der Waals surface area contributed by atoms with Crippen molar-refractivity contribution in [2.75, 3.05) is 0 Å². The lowest BCUT2D eigenvalue weighted by Crippen LogP contribution is -2.20. The quantitative estimate of drug-likeness (QED) is 0.351. The van der Waals surface area contributed by atoms with E-state index in [-0.39, 0.29) is 0 Å². The smallest absolute Gasteiger partial charge is 0.143 e. The van der Waals surface area contributed by atoms with Gasteiger partial charge in [0.05, 0.1) is 5.69 Å². The zero-order valence-corrected chi connectivity index (χ0v) is 17.9. The van der Waals surface area contributed by atoms with Crippen LogP contribution in [0.1, 0.15) is 62.3 Å². The number of hydrogen-bond donors (Lipinski definition) is 0. The molecule has 0 aliphatic heterocycles. The average Bonchev–Trinajstić information content (AvgIpc) is 3.06. The highest BCUT2D eigenvalue weighted by Crippen LogP contribution is 2.43. The molecule has 2 aromatic carbocycles. The minimum Gasteiger partial charge on any atom is -0.461 e. The van der Waals surface area contributed by atoms with Crippen LogP contribution in [0.2, 0.25) is 0 Å². The van der Waals surface area contributed by atoms with E-state index in [4.69, 9.17) is 9.40 Å². The molecule has 2 aromatic heterocycles. The van der Waals surface area contributed by atoms with Gasteiger partial charge in [0.1, 0.15) is 11.3 Å². The Morgan fingerprint density at radius 2 is 1.72 bits per heavy atom. The third-order valence-corrected chi connectivity index (χ3v) is 6.74. The summed E-state index contributed by atoms with van der Waals surface area (Å²) < 4.78 is 6.06. The van der Waals surface area contributed by atoms with Crippen molar-refractivity contribution in [1.82, 2.24) is 4.98 Å². The van der Waals surface area contributed by atoms with Crippen LogP contribution in [-0.2, 0) is 0 Å². The summed E-state index contributed by atoms with van der Waals surface area (Å²) in [6, 6.07) is 15.6. The van der Waals surface area contributed by atoms with Crippen molar-refractivity contribution in [3.05, 3.63) is 65.5 Å². The van der Waals surface area contributed by atoms with Crippen LogP contribution < -0.4 is 0 Å². The van der Waals surface area contributed by atoms with E-state index in [9.17, 15) is 0 Å². The highest BCUT2D eigenvalue weighted by molar-refractivity contribution is 6.02. The predicted molar refractivity (Wildman–Crippen MR) is 121 cm³/mol. The summed E-state index contributed by atoms with van der Waals surface area (Å²) in [4.78, 5) is 4.78. The van der Waals surface area contributed by atoms with E-state index in [2.05, 4.69) is 63.2 Å². The first-order valence-corrected chi connectivity index (χ1v) is 10.8. The summed E-state index contributed by atoms with van der Waals surface area (Å²) in [7, 11) is 0. The zero-order valence-electron chi connectivity index (χ0n) is 17.9. The normalized spacial score (nSPS) is 17.2. The van der Waals surface area contributed by atoms with E-state index < -0.39 is 0 Å². The van der Waals surface area contributed by atoms with Gasteiger partial charge in [0.15, 0.2) is 0 Å². The maximum atomic E-state index is 6.06. The summed E-state index contributed by atoms with van der Waals surface area (Å²) in [5.41, 5.74) is 6.25. The number of benzene rings is 2. The summed E-state index contributed by atoms with van der Waals surface area (Å²) in [6.07, 6.45) is 7.16. The lowest BCUT2D eigenvalue weighted by Gasteiger charge is -2.34. The minimum absolute atomic E-state index is 0.502. The molecule has 1 fully saturated rings. The van der Waals surface area contributed by atoms with Gasteiger partial charge >= 0.3 is 0 Å². The molecule has 1 saturated carbocycles. The molecule has 0 spiro atoms. The summed E-state index contributed by atoms with van der Waals surface area (Å²) in [5, 5.41) is 3.63. The van der Waals surface area contributed by atoms with Crippen LogP contribution in [0.3, 0.4) is 0 Å². The van der Waals surface area contributed by atoms with Gasteiger partial charge in [0.2, 0.25) is 0 Å². The monoisotopic (exact) mass is 383 g/mol.